The average molecular weight is 256 g/mol. The summed E-state index contributed by atoms with van der Waals surface area (Å²) in [6, 6.07) is 8.33. The molecule has 3 rings (SSSR count). The number of benzene rings is 1. The lowest BCUT2D eigenvalue weighted by Gasteiger charge is -2.17. The highest BCUT2D eigenvalue weighted by atomic mass is 16.2. The first-order chi connectivity index (χ1) is 9.18. The minimum Gasteiger partial charge on any atom is -0.341 e. The van der Waals surface area contributed by atoms with E-state index < -0.39 is 0 Å². The van der Waals surface area contributed by atoms with E-state index in [1.54, 1.807) is 0 Å². The highest BCUT2D eigenvalue weighted by Gasteiger charge is 2.20. The van der Waals surface area contributed by atoms with Gasteiger partial charge in [0.25, 0.3) is 0 Å². The van der Waals surface area contributed by atoms with E-state index in [2.05, 4.69) is 36.6 Å². The van der Waals surface area contributed by atoms with Crippen molar-refractivity contribution in [3.05, 3.63) is 35.5 Å². The summed E-state index contributed by atoms with van der Waals surface area (Å²) in [5.74, 6) is 0.251. The molecule has 0 N–H and O–H groups in total. The highest BCUT2D eigenvalue weighted by molar-refractivity contribution is 5.87. The van der Waals surface area contributed by atoms with Gasteiger partial charge in [0.1, 0.15) is 6.54 Å². The monoisotopic (exact) mass is 256 g/mol. The van der Waals surface area contributed by atoms with Gasteiger partial charge in [-0.3, -0.25) is 4.79 Å². The predicted molar refractivity (Wildman–Crippen MR) is 77.2 cm³/mol. The Bertz CT molecular complexity index is 621. The van der Waals surface area contributed by atoms with Crippen LogP contribution in [0.3, 0.4) is 0 Å². The van der Waals surface area contributed by atoms with Crippen molar-refractivity contribution in [3.8, 4) is 0 Å². The van der Waals surface area contributed by atoms with Gasteiger partial charge in [-0.05, 0) is 38.3 Å². The molecule has 2 aromatic rings. The van der Waals surface area contributed by atoms with Crippen molar-refractivity contribution in [2.75, 3.05) is 13.1 Å². The van der Waals surface area contributed by atoms with E-state index in [4.69, 9.17) is 0 Å². The molecule has 1 aromatic heterocycles. The number of fused-ring (bicyclic) bond motifs is 1. The second-order valence-electron chi connectivity index (χ2n) is 5.40. The van der Waals surface area contributed by atoms with Gasteiger partial charge in [-0.15, -0.1) is 0 Å². The third-order valence-electron chi connectivity index (χ3n) is 4.30. The number of carbonyl (C=O) groups excluding carboxylic acids is 1. The lowest BCUT2D eigenvalue weighted by molar-refractivity contribution is -0.130. The summed E-state index contributed by atoms with van der Waals surface area (Å²) in [4.78, 5) is 14.3. The minimum atomic E-state index is 0.251. The number of para-hydroxylation sites is 1. The first-order valence-electron chi connectivity index (χ1n) is 7.00. The molecule has 1 fully saturated rings. The summed E-state index contributed by atoms with van der Waals surface area (Å²) in [6.45, 7) is 6.56. The molecule has 0 bridgehead atoms. The van der Waals surface area contributed by atoms with Gasteiger partial charge in [-0.25, -0.2) is 0 Å². The van der Waals surface area contributed by atoms with Crippen molar-refractivity contribution >= 4 is 16.8 Å². The number of hydrogen-bond acceptors (Lipinski definition) is 1. The second kappa shape index (κ2) is 4.72. The zero-order valence-electron chi connectivity index (χ0n) is 11.6. The molecule has 2 heterocycles. The first kappa shape index (κ1) is 12.3. The number of amides is 1. The number of rotatable bonds is 2. The van der Waals surface area contributed by atoms with Crippen LogP contribution in [-0.4, -0.2) is 28.5 Å². The zero-order valence-corrected chi connectivity index (χ0v) is 11.6. The molecule has 1 saturated heterocycles. The molecule has 1 aliphatic heterocycles. The number of likely N-dealkylation sites (tertiary alicyclic amines) is 1. The normalized spacial score (nSPS) is 15.4. The number of nitrogens with zero attached hydrogens (tertiary/aromatic N) is 2. The standard InChI is InChI=1S/C16H20N2O/c1-12-13(2)18(15-8-4-3-7-14(12)15)11-16(19)17-9-5-6-10-17/h3-4,7-8H,5-6,9-11H2,1-2H3. The van der Waals surface area contributed by atoms with E-state index in [-0.39, 0.29) is 5.91 Å². The third kappa shape index (κ3) is 2.03. The predicted octanol–water partition coefficient (Wildman–Crippen LogP) is 2.88. The first-order valence-corrected chi connectivity index (χ1v) is 7.00. The van der Waals surface area contributed by atoms with E-state index in [0.29, 0.717) is 6.54 Å². The summed E-state index contributed by atoms with van der Waals surface area (Å²) in [7, 11) is 0. The maximum absolute atomic E-state index is 12.3. The number of hydrogen-bond donors (Lipinski definition) is 0. The molecule has 1 aromatic carbocycles. The van der Waals surface area contributed by atoms with Gasteiger partial charge in [0.05, 0.1) is 0 Å². The van der Waals surface area contributed by atoms with Gasteiger partial charge in [0.2, 0.25) is 5.91 Å². The average Bonchev–Trinajstić information content (AvgIpc) is 3.03. The Morgan fingerprint density at radius 3 is 2.58 bits per heavy atom. The van der Waals surface area contributed by atoms with E-state index in [1.807, 2.05) is 11.0 Å². The molecule has 0 unspecified atom stereocenters. The topological polar surface area (TPSA) is 25.2 Å². The van der Waals surface area contributed by atoms with Crippen LogP contribution >= 0.6 is 0 Å². The van der Waals surface area contributed by atoms with E-state index >= 15 is 0 Å². The highest BCUT2D eigenvalue weighted by Crippen LogP contribution is 2.25. The number of aromatic nitrogens is 1. The molecule has 0 aliphatic carbocycles. The Labute approximate surface area is 113 Å². The molecule has 0 radical (unpaired) electrons. The fourth-order valence-corrected chi connectivity index (χ4v) is 3.01. The van der Waals surface area contributed by atoms with Crippen molar-refractivity contribution in [2.24, 2.45) is 0 Å². The SMILES string of the molecule is Cc1c(C)n(CC(=O)N2CCCC2)c2ccccc12. The van der Waals surface area contributed by atoms with E-state index in [1.165, 1.54) is 22.2 Å². The van der Waals surface area contributed by atoms with Gasteiger partial charge in [-0.1, -0.05) is 18.2 Å². The van der Waals surface area contributed by atoms with Crippen LogP contribution in [0.5, 0.6) is 0 Å². The van der Waals surface area contributed by atoms with Gasteiger partial charge < -0.3 is 9.47 Å². The van der Waals surface area contributed by atoms with Crippen molar-refractivity contribution in [1.29, 1.82) is 0 Å². The van der Waals surface area contributed by atoms with Crippen LogP contribution in [-0.2, 0) is 11.3 Å². The van der Waals surface area contributed by atoms with Crippen molar-refractivity contribution < 1.29 is 4.79 Å². The van der Waals surface area contributed by atoms with Gasteiger partial charge in [-0.2, -0.15) is 0 Å². The maximum atomic E-state index is 12.3. The molecular weight excluding hydrogens is 236 g/mol. The third-order valence-corrected chi connectivity index (χ3v) is 4.30. The fraction of sp³-hybridized carbons (Fsp3) is 0.438. The molecule has 3 nitrogen and oxygen atoms in total. The van der Waals surface area contributed by atoms with Crippen molar-refractivity contribution in [1.82, 2.24) is 9.47 Å². The maximum Gasteiger partial charge on any atom is 0.242 e. The largest absolute Gasteiger partial charge is 0.341 e. The van der Waals surface area contributed by atoms with Crippen LogP contribution in [0.15, 0.2) is 24.3 Å². The Hall–Kier alpha value is -1.77. The van der Waals surface area contributed by atoms with Crippen molar-refractivity contribution in [2.45, 2.75) is 33.2 Å². The number of aryl methyl sites for hydroxylation is 1. The minimum absolute atomic E-state index is 0.251. The van der Waals surface area contributed by atoms with Gasteiger partial charge >= 0.3 is 0 Å². The summed E-state index contributed by atoms with van der Waals surface area (Å²) >= 11 is 0. The molecule has 100 valence electrons. The van der Waals surface area contributed by atoms with Gasteiger partial charge in [0, 0.05) is 29.7 Å². The van der Waals surface area contributed by atoms with Crippen LogP contribution in [0.1, 0.15) is 24.1 Å². The fourth-order valence-electron chi connectivity index (χ4n) is 3.01. The molecule has 3 heteroatoms. The molecule has 0 atom stereocenters. The van der Waals surface area contributed by atoms with Crippen LogP contribution < -0.4 is 0 Å². The molecule has 19 heavy (non-hydrogen) atoms. The van der Waals surface area contributed by atoms with E-state index in [9.17, 15) is 4.79 Å². The molecule has 0 spiro atoms. The van der Waals surface area contributed by atoms with Crippen LogP contribution in [0.25, 0.3) is 10.9 Å². The Morgan fingerprint density at radius 2 is 1.84 bits per heavy atom. The van der Waals surface area contributed by atoms with E-state index in [0.717, 1.165) is 25.9 Å². The Kier molecular flexibility index (Phi) is 3.05. The number of carbonyl (C=O) groups is 1. The van der Waals surface area contributed by atoms with Crippen LogP contribution in [0.4, 0.5) is 0 Å². The molecule has 1 aliphatic rings. The smallest absolute Gasteiger partial charge is 0.242 e. The molecule has 0 saturated carbocycles. The second-order valence-corrected chi connectivity index (χ2v) is 5.40. The summed E-state index contributed by atoms with van der Waals surface area (Å²) in [5, 5.41) is 1.26. The Morgan fingerprint density at radius 1 is 1.16 bits per heavy atom. The lowest BCUT2D eigenvalue weighted by Crippen LogP contribution is -2.31. The van der Waals surface area contributed by atoms with Crippen LogP contribution in [0.2, 0.25) is 0 Å². The summed E-state index contributed by atoms with van der Waals surface area (Å²) in [6.07, 6.45) is 2.30. The van der Waals surface area contributed by atoms with Crippen molar-refractivity contribution in [3.63, 3.8) is 0 Å². The van der Waals surface area contributed by atoms with Crippen LogP contribution in [0, 0.1) is 13.8 Å². The summed E-state index contributed by atoms with van der Waals surface area (Å²) < 4.78 is 2.16. The molecule has 1 amide bonds. The summed E-state index contributed by atoms with van der Waals surface area (Å²) in [5.41, 5.74) is 3.66. The van der Waals surface area contributed by atoms with Gasteiger partial charge in [0.15, 0.2) is 0 Å². The Balaban J connectivity index is 1.96. The quantitative estimate of drug-likeness (QED) is 0.811. The lowest BCUT2D eigenvalue weighted by atomic mass is 10.2. The molecular formula is C16H20N2O. The zero-order chi connectivity index (χ0) is 13.4.